The number of hydrogen-bond acceptors (Lipinski definition) is 15. The van der Waals surface area contributed by atoms with Gasteiger partial charge in [-0.15, -0.1) is 0 Å². The van der Waals surface area contributed by atoms with Gasteiger partial charge in [0, 0.05) is 25.7 Å². The van der Waals surface area contributed by atoms with E-state index in [-0.39, 0.29) is 25.7 Å². The van der Waals surface area contributed by atoms with E-state index < -0.39 is 97.5 Å². The second-order valence-electron chi connectivity index (χ2n) is 25.6. The van der Waals surface area contributed by atoms with Gasteiger partial charge in [-0.05, 0) is 116 Å². The summed E-state index contributed by atoms with van der Waals surface area (Å²) in [7, 11) is -9.94. The Morgan fingerprint density at radius 1 is 0.302 bits per heavy atom. The Morgan fingerprint density at radius 2 is 0.542 bits per heavy atom. The number of rotatable bonds is 72. The summed E-state index contributed by atoms with van der Waals surface area (Å²) in [6.07, 6.45) is 68.9. The third-order valence-corrected chi connectivity index (χ3v) is 18.1. The summed E-state index contributed by atoms with van der Waals surface area (Å²) in [5.41, 5.74) is 0. The van der Waals surface area contributed by atoms with Gasteiger partial charge < -0.3 is 33.8 Å². The van der Waals surface area contributed by atoms with Gasteiger partial charge in [0.15, 0.2) is 12.2 Å². The van der Waals surface area contributed by atoms with Gasteiger partial charge in [0.2, 0.25) is 0 Å². The van der Waals surface area contributed by atoms with Crippen molar-refractivity contribution in [2.45, 2.75) is 354 Å². The molecule has 0 aromatic carbocycles. The molecule has 19 heteroatoms. The molecule has 0 aromatic heterocycles. The second-order valence-corrected chi connectivity index (χ2v) is 28.5. The first-order chi connectivity index (χ1) is 46.7. The van der Waals surface area contributed by atoms with Crippen molar-refractivity contribution in [1.29, 1.82) is 0 Å². The number of ether oxygens (including phenoxy) is 4. The molecule has 0 aliphatic rings. The minimum Gasteiger partial charge on any atom is -0.462 e. The van der Waals surface area contributed by atoms with E-state index in [1.54, 1.807) is 0 Å². The molecule has 0 aromatic rings. The molecule has 0 bridgehead atoms. The van der Waals surface area contributed by atoms with Crippen molar-refractivity contribution in [2.24, 2.45) is 0 Å². The number of carbonyl (C=O) groups excluding carboxylic acids is 4. The van der Waals surface area contributed by atoms with Crippen LogP contribution in [0.1, 0.15) is 336 Å². The molecular weight excluding hydrogens is 1260 g/mol. The summed E-state index contributed by atoms with van der Waals surface area (Å²) in [5, 5.41) is 10.6. The van der Waals surface area contributed by atoms with Crippen LogP contribution in [0.15, 0.2) is 72.9 Å². The summed E-state index contributed by atoms with van der Waals surface area (Å²) < 4.78 is 68.4. The van der Waals surface area contributed by atoms with E-state index in [0.717, 1.165) is 167 Å². The molecule has 0 amide bonds. The summed E-state index contributed by atoms with van der Waals surface area (Å²) >= 11 is 0. The van der Waals surface area contributed by atoms with Gasteiger partial charge in [-0.2, -0.15) is 0 Å². The van der Waals surface area contributed by atoms with Crippen molar-refractivity contribution in [3.05, 3.63) is 72.9 Å². The van der Waals surface area contributed by atoms with Crippen LogP contribution in [0, 0.1) is 0 Å². The van der Waals surface area contributed by atoms with E-state index in [0.29, 0.717) is 25.7 Å². The lowest BCUT2D eigenvalue weighted by Gasteiger charge is -2.21. The average Bonchev–Trinajstić information content (AvgIpc) is 1.17. The highest BCUT2D eigenvalue weighted by Gasteiger charge is 2.30. The predicted octanol–water partition coefficient (Wildman–Crippen LogP) is 21.7. The van der Waals surface area contributed by atoms with Crippen LogP contribution in [0.2, 0.25) is 0 Å². The summed E-state index contributed by atoms with van der Waals surface area (Å²) in [5.74, 6) is -2.19. The van der Waals surface area contributed by atoms with Crippen LogP contribution >= 0.6 is 15.6 Å². The lowest BCUT2D eigenvalue weighted by molar-refractivity contribution is -0.161. The van der Waals surface area contributed by atoms with Crippen molar-refractivity contribution >= 4 is 39.5 Å². The van der Waals surface area contributed by atoms with Crippen LogP contribution in [-0.2, 0) is 65.4 Å². The number of hydrogen-bond donors (Lipinski definition) is 3. The molecule has 0 rings (SSSR count). The third-order valence-electron chi connectivity index (χ3n) is 16.2. The minimum absolute atomic E-state index is 0.0837. The quantitative estimate of drug-likeness (QED) is 0.0169. The van der Waals surface area contributed by atoms with Crippen molar-refractivity contribution in [2.75, 3.05) is 39.6 Å². The van der Waals surface area contributed by atoms with E-state index in [1.807, 2.05) is 0 Å². The molecule has 17 nitrogen and oxygen atoms in total. The summed E-state index contributed by atoms with van der Waals surface area (Å²) in [4.78, 5) is 72.7. The molecular formula is C77H138O17P2. The number of phosphoric ester groups is 2. The maximum atomic E-state index is 13.1. The fourth-order valence-corrected chi connectivity index (χ4v) is 11.9. The van der Waals surface area contributed by atoms with E-state index in [4.69, 9.17) is 37.0 Å². The molecule has 0 saturated heterocycles. The maximum Gasteiger partial charge on any atom is 0.472 e. The topological polar surface area (TPSA) is 237 Å². The number of allylic oxidation sites excluding steroid dienone is 12. The van der Waals surface area contributed by atoms with Gasteiger partial charge in [0.25, 0.3) is 0 Å². The highest BCUT2D eigenvalue weighted by Crippen LogP contribution is 2.45. The number of carbonyl (C=O) groups is 4. The fourth-order valence-electron chi connectivity index (χ4n) is 10.3. The molecule has 3 N–H and O–H groups in total. The molecule has 0 radical (unpaired) electrons. The van der Waals surface area contributed by atoms with E-state index in [9.17, 15) is 43.2 Å². The van der Waals surface area contributed by atoms with Crippen LogP contribution in [0.3, 0.4) is 0 Å². The van der Waals surface area contributed by atoms with Gasteiger partial charge in [-0.3, -0.25) is 37.3 Å². The van der Waals surface area contributed by atoms with Crippen molar-refractivity contribution in [3.63, 3.8) is 0 Å². The Labute approximate surface area is 583 Å². The van der Waals surface area contributed by atoms with Crippen molar-refractivity contribution in [1.82, 2.24) is 0 Å². The molecule has 0 heterocycles. The van der Waals surface area contributed by atoms with Gasteiger partial charge in [-0.25, -0.2) is 9.13 Å². The van der Waals surface area contributed by atoms with E-state index >= 15 is 0 Å². The van der Waals surface area contributed by atoms with Gasteiger partial charge in [0.1, 0.15) is 19.3 Å². The first kappa shape index (κ1) is 92.5. The molecule has 96 heavy (non-hydrogen) atoms. The monoisotopic (exact) mass is 1400 g/mol. The molecule has 0 saturated carbocycles. The van der Waals surface area contributed by atoms with Crippen LogP contribution < -0.4 is 0 Å². The Kier molecular flexibility index (Phi) is 67.4. The number of aliphatic hydroxyl groups is 1. The number of phosphoric acid groups is 2. The normalized spacial score (nSPS) is 14.4. The summed E-state index contributed by atoms with van der Waals surface area (Å²) in [6.45, 7) is 4.72. The predicted molar refractivity (Wildman–Crippen MR) is 390 cm³/mol. The maximum absolute atomic E-state index is 13.1. The zero-order valence-corrected chi connectivity index (χ0v) is 62.6. The van der Waals surface area contributed by atoms with Crippen LogP contribution in [0.4, 0.5) is 0 Å². The van der Waals surface area contributed by atoms with Gasteiger partial charge in [-0.1, -0.05) is 268 Å². The largest absolute Gasteiger partial charge is 0.472 e. The Balaban J connectivity index is 5.30. The lowest BCUT2D eigenvalue weighted by atomic mass is 10.1. The van der Waals surface area contributed by atoms with Gasteiger partial charge >= 0.3 is 39.5 Å². The molecule has 0 aliphatic carbocycles. The molecule has 5 atom stereocenters. The SMILES string of the molecule is CC/C=C\C/C=C\C/C=C\C/C=C\CCCCCCCCC(=O)OCC(COP(=O)(O)OCC(O)COP(=O)(O)OCC(COC(=O)CCCCCCC/C=C\CCCCCC)OC(=O)CCCCCCCCCCCCC)OC(=O)CCCCCCC/C=C\CCCCCC. The van der Waals surface area contributed by atoms with Crippen LogP contribution in [0.25, 0.3) is 0 Å². The highest BCUT2D eigenvalue weighted by molar-refractivity contribution is 7.47. The minimum atomic E-state index is -4.97. The zero-order chi connectivity index (χ0) is 70.4. The fraction of sp³-hybridized carbons (Fsp3) is 0.792. The molecule has 0 fully saturated rings. The van der Waals surface area contributed by atoms with E-state index in [1.165, 1.54) is 89.9 Å². The standard InChI is InChI=1S/C77H138O17P2/c1-5-9-13-17-21-25-29-32-33-34-35-36-37-40-43-46-50-54-58-62-75(80)88-68-73(94-77(82)64-60-56-52-48-44-39-31-27-23-19-15-11-7-3)70-92-96(85,86)90-66-71(78)65-89-95(83,84)91-69-72(93-76(81)63-59-55-51-47-41-28-24-20-16-12-8-4)67-87-74(79)61-57-53-49-45-42-38-30-26-22-18-14-10-6-2/h9,13,21,25-27,30-33,35-36,71-73,78H,5-8,10-12,14-20,22-24,28-29,34,37-70H2,1-4H3,(H,83,84)(H,85,86)/b13-9-,25-21-,30-26-,31-27-,33-32-,36-35-. The number of esters is 4. The number of unbranched alkanes of at least 4 members (excludes halogenated alkanes) is 34. The van der Waals surface area contributed by atoms with Gasteiger partial charge in [0.05, 0.1) is 26.4 Å². The highest BCUT2D eigenvalue weighted by atomic mass is 31.2. The number of aliphatic hydroxyl groups excluding tert-OH is 1. The van der Waals surface area contributed by atoms with Crippen LogP contribution in [0.5, 0.6) is 0 Å². The molecule has 558 valence electrons. The smallest absolute Gasteiger partial charge is 0.462 e. The van der Waals surface area contributed by atoms with Crippen LogP contribution in [-0.4, -0.2) is 96.7 Å². The first-order valence-corrected chi connectivity index (χ1v) is 41.2. The lowest BCUT2D eigenvalue weighted by Crippen LogP contribution is -2.30. The first-order valence-electron chi connectivity index (χ1n) is 38.2. The third kappa shape index (κ3) is 69.0. The average molecular weight is 1400 g/mol. The molecule has 0 aliphatic heterocycles. The van der Waals surface area contributed by atoms with E-state index in [2.05, 4.69) is 101 Å². The van der Waals surface area contributed by atoms with Crippen molar-refractivity contribution in [3.8, 4) is 0 Å². The summed E-state index contributed by atoms with van der Waals surface area (Å²) in [6, 6.07) is 0. The second kappa shape index (κ2) is 70.0. The Hall–Kier alpha value is -3.50. The molecule has 5 unspecified atom stereocenters. The Morgan fingerprint density at radius 3 is 0.854 bits per heavy atom. The van der Waals surface area contributed by atoms with Crippen molar-refractivity contribution < 1.29 is 80.2 Å². The zero-order valence-electron chi connectivity index (χ0n) is 60.8. The Bertz CT molecular complexity index is 2110. The molecule has 0 spiro atoms.